The first-order chi connectivity index (χ1) is 18.9. The second kappa shape index (κ2) is 13.0. The Bertz CT molecular complexity index is 1360. The maximum absolute atomic E-state index is 13.0. The summed E-state index contributed by atoms with van der Waals surface area (Å²) in [7, 11) is 1.54. The number of halogens is 3. The van der Waals surface area contributed by atoms with Crippen molar-refractivity contribution in [2.75, 3.05) is 20.2 Å². The van der Waals surface area contributed by atoms with Gasteiger partial charge in [0.2, 0.25) is 0 Å². The number of fused-ring (bicyclic) bond motifs is 1. The Morgan fingerprint density at radius 2 is 1.73 bits per heavy atom. The smallest absolute Gasteiger partial charge is 0.490 e. The van der Waals surface area contributed by atoms with Crippen molar-refractivity contribution in [1.29, 1.82) is 0 Å². The van der Waals surface area contributed by atoms with Gasteiger partial charge in [-0.05, 0) is 67.2 Å². The van der Waals surface area contributed by atoms with Crippen LogP contribution in [0.25, 0.3) is 10.8 Å². The van der Waals surface area contributed by atoms with E-state index in [2.05, 4.69) is 10.6 Å². The molecule has 0 radical (unpaired) electrons. The van der Waals surface area contributed by atoms with Gasteiger partial charge in [0, 0.05) is 17.5 Å². The van der Waals surface area contributed by atoms with Crippen LogP contribution in [0, 0.1) is 0 Å². The standard InChI is InChI=1S/C25H26N2O6.C2HF3O2/c1-32-22-5-2-4-16-12-19(21(29)13-18(16)22)25(31)33-23-6-3-11-26-14-20(23)27-24(30)15-7-9-17(28)10-8-15;3-2(4,5)1(6)7/h2,4-5,7-10,12-13,20,23,26,28-29H,3,6,11,14H2,1H3,(H,27,30);(H,6,7)/t20-,23-;/m1./s1. The minimum atomic E-state index is -5.08. The first kappa shape index (κ1) is 30.0. The number of aromatic hydroxyl groups is 2. The second-order valence-electron chi connectivity index (χ2n) is 8.77. The molecule has 1 aliphatic heterocycles. The summed E-state index contributed by atoms with van der Waals surface area (Å²) >= 11 is 0. The zero-order valence-electron chi connectivity index (χ0n) is 21.2. The first-order valence-electron chi connectivity index (χ1n) is 12.0. The Labute approximate surface area is 226 Å². The van der Waals surface area contributed by atoms with E-state index in [1.54, 1.807) is 25.3 Å². The number of carboxylic acids is 1. The Morgan fingerprint density at radius 1 is 1.05 bits per heavy atom. The van der Waals surface area contributed by atoms with Crippen LogP contribution in [-0.4, -0.2) is 71.7 Å². The minimum Gasteiger partial charge on any atom is -0.508 e. The zero-order chi connectivity index (χ0) is 29.4. The largest absolute Gasteiger partial charge is 0.508 e. The summed E-state index contributed by atoms with van der Waals surface area (Å²) in [6.45, 7) is 1.17. The van der Waals surface area contributed by atoms with Crippen LogP contribution in [0.2, 0.25) is 0 Å². The van der Waals surface area contributed by atoms with Crippen molar-refractivity contribution in [1.82, 2.24) is 10.6 Å². The zero-order valence-corrected chi connectivity index (χ0v) is 21.2. The van der Waals surface area contributed by atoms with Crippen LogP contribution in [0.3, 0.4) is 0 Å². The van der Waals surface area contributed by atoms with Crippen LogP contribution < -0.4 is 15.4 Å². The lowest BCUT2D eigenvalue weighted by Gasteiger charge is -2.26. The fourth-order valence-electron chi connectivity index (χ4n) is 4.00. The molecular weight excluding hydrogens is 537 g/mol. The summed E-state index contributed by atoms with van der Waals surface area (Å²) in [6.07, 6.45) is -4.33. The molecule has 0 unspecified atom stereocenters. The molecule has 1 heterocycles. The lowest BCUT2D eigenvalue weighted by atomic mass is 10.0. The van der Waals surface area contributed by atoms with Crippen LogP contribution in [0.5, 0.6) is 17.2 Å². The molecular formula is C27H27F3N2O8. The lowest BCUT2D eigenvalue weighted by Crippen LogP contribution is -2.49. The highest BCUT2D eigenvalue weighted by Crippen LogP contribution is 2.32. The Hall–Kier alpha value is -4.52. The molecule has 2 atom stereocenters. The Kier molecular flexibility index (Phi) is 9.78. The number of methoxy groups -OCH3 is 1. The molecule has 1 amide bonds. The number of carbonyl (C=O) groups excluding carboxylic acids is 2. The summed E-state index contributed by atoms with van der Waals surface area (Å²) in [6, 6.07) is 13.9. The van der Waals surface area contributed by atoms with E-state index >= 15 is 0 Å². The van der Waals surface area contributed by atoms with Crippen molar-refractivity contribution < 1.29 is 52.3 Å². The van der Waals surface area contributed by atoms with Crippen molar-refractivity contribution >= 4 is 28.6 Å². The van der Waals surface area contributed by atoms with E-state index in [0.29, 0.717) is 29.7 Å². The van der Waals surface area contributed by atoms with Crippen LogP contribution >= 0.6 is 0 Å². The van der Waals surface area contributed by atoms with Gasteiger partial charge in [-0.3, -0.25) is 4.79 Å². The summed E-state index contributed by atoms with van der Waals surface area (Å²) < 4.78 is 42.8. The number of nitrogens with one attached hydrogen (secondary N) is 2. The van der Waals surface area contributed by atoms with E-state index in [9.17, 15) is 33.0 Å². The molecule has 1 fully saturated rings. The predicted octanol–water partition coefficient (Wildman–Crippen LogP) is 3.60. The fourth-order valence-corrected chi connectivity index (χ4v) is 4.00. The molecule has 40 heavy (non-hydrogen) atoms. The van der Waals surface area contributed by atoms with Gasteiger partial charge in [-0.1, -0.05) is 12.1 Å². The molecule has 0 saturated carbocycles. The average Bonchev–Trinajstić information content (AvgIpc) is 3.12. The number of benzene rings is 3. The summed E-state index contributed by atoms with van der Waals surface area (Å²) in [5, 5.41) is 34.7. The van der Waals surface area contributed by atoms with E-state index in [0.717, 1.165) is 18.4 Å². The Balaban J connectivity index is 0.000000559. The van der Waals surface area contributed by atoms with Crippen molar-refractivity contribution in [2.24, 2.45) is 0 Å². The van der Waals surface area contributed by atoms with Gasteiger partial charge in [-0.2, -0.15) is 13.2 Å². The number of rotatable bonds is 5. The number of ether oxygens (including phenoxy) is 2. The summed E-state index contributed by atoms with van der Waals surface area (Å²) in [4.78, 5) is 34.6. The molecule has 13 heteroatoms. The third-order valence-corrected chi connectivity index (χ3v) is 6.00. The lowest BCUT2D eigenvalue weighted by molar-refractivity contribution is -0.192. The van der Waals surface area contributed by atoms with Crippen molar-refractivity contribution in [2.45, 2.75) is 31.2 Å². The van der Waals surface area contributed by atoms with Crippen molar-refractivity contribution in [3.63, 3.8) is 0 Å². The number of esters is 1. The second-order valence-corrected chi connectivity index (χ2v) is 8.77. The van der Waals surface area contributed by atoms with E-state index in [1.165, 1.54) is 30.3 Å². The molecule has 0 aliphatic carbocycles. The minimum absolute atomic E-state index is 0.0524. The fraction of sp³-hybridized carbons (Fsp3) is 0.296. The maximum Gasteiger partial charge on any atom is 0.490 e. The number of phenols is 2. The van der Waals surface area contributed by atoms with Crippen molar-refractivity contribution in [3.05, 3.63) is 65.7 Å². The van der Waals surface area contributed by atoms with Gasteiger partial charge < -0.3 is 35.4 Å². The topological polar surface area (TPSA) is 154 Å². The average molecular weight is 565 g/mol. The molecule has 0 bridgehead atoms. The highest BCUT2D eigenvalue weighted by Gasteiger charge is 2.38. The third kappa shape index (κ3) is 7.76. The number of alkyl halides is 3. The van der Waals surface area contributed by atoms with E-state index < -0.39 is 30.3 Å². The normalized spacial score (nSPS) is 17.1. The van der Waals surface area contributed by atoms with E-state index in [-0.39, 0.29) is 23.0 Å². The summed E-state index contributed by atoms with van der Waals surface area (Å²) in [5.74, 6) is -3.28. The quantitative estimate of drug-likeness (QED) is 0.293. The van der Waals surface area contributed by atoms with Crippen LogP contribution in [0.15, 0.2) is 54.6 Å². The molecule has 214 valence electrons. The van der Waals surface area contributed by atoms with Crippen LogP contribution in [0.4, 0.5) is 13.2 Å². The molecule has 5 N–H and O–H groups in total. The number of phenolic OH excluding ortho intramolecular Hbond substituents is 2. The number of aliphatic carboxylic acids is 1. The summed E-state index contributed by atoms with van der Waals surface area (Å²) in [5.41, 5.74) is 0.444. The van der Waals surface area contributed by atoms with Crippen LogP contribution in [-0.2, 0) is 9.53 Å². The van der Waals surface area contributed by atoms with Gasteiger partial charge >= 0.3 is 18.1 Å². The molecule has 3 aromatic rings. The molecule has 10 nitrogen and oxygen atoms in total. The molecule has 4 rings (SSSR count). The van der Waals surface area contributed by atoms with Gasteiger partial charge in [0.25, 0.3) is 5.91 Å². The molecule has 0 spiro atoms. The predicted molar refractivity (Wildman–Crippen MR) is 137 cm³/mol. The maximum atomic E-state index is 13.0. The van der Waals surface area contributed by atoms with Gasteiger partial charge in [0.05, 0.1) is 13.2 Å². The highest BCUT2D eigenvalue weighted by molar-refractivity contribution is 6.00. The van der Waals surface area contributed by atoms with Gasteiger partial charge in [-0.15, -0.1) is 0 Å². The highest BCUT2D eigenvalue weighted by atomic mass is 19.4. The number of carbonyl (C=O) groups is 3. The van der Waals surface area contributed by atoms with Gasteiger partial charge in [0.15, 0.2) is 0 Å². The van der Waals surface area contributed by atoms with E-state index in [4.69, 9.17) is 19.4 Å². The molecule has 1 aliphatic rings. The monoisotopic (exact) mass is 564 g/mol. The number of hydrogen-bond donors (Lipinski definition) is 5. The van der Waals surface area contributed by atoms with Gasteiger partial charge in [0.1, 0.15) is 28.9 Å². The molecule has 1 saturated heterocycles. The van der Waals surface area contributed by atoms with Gasteiger partial charge in [-0.25, -0.2) is 9.59 Å². The Morgan fingerprint density at radius 3 is 2.35 bits per heavy atom. The number of amides is 1. The SMILES string of the molecule is COc1cccc2cc(C(=O)O[C@@H]3CCCNC[C@H]3NC(=O)c3ccc(O)cc3)c(O)cc12.O=C(O)C(F)(F)F. The number of hydrogen-bond acceptors (Lipinski definition) is 8. The van der Waals surface area contributed by atoms with Crippen molar-refractivity contribution in [3.8, 4) is 17.2 Å². The molecule has 3 aromatic carbocycles. The van der Waals surface area contributed by atoms with E-state index in [1.807, 2.05) is 6.07 Å². The molecule has 0 aromatic heterocycles. The third-order valence-electron chi connectivity index (χ3n) is 6.00. The van der Waals surface area contributed by atoms with Crippen LogP contribution in [0.1, 0.15) is 33.6 Å². The number of carboxylic acid groups (broad SMARTS) is 1. The first-order valence-corrected chi connectivity index (χ1v) is 12.0.